The highest BCUT2D eigenvalue weighted by molar-refractivity contribution is 9.10. The highest BCUT2D eigenvalue weighted by Gasteiger charge is 2.09. The first kappa shape index (κ1) is 16.1. The van der Waals surface area contributed by atoms with Crippen molar-refractivity contribution in [2.24, 2.45) is 0 Å². The molecule has 2 aromatic rings. The molecule has 0 spiro atoms. The number of hydrogen-bond acceptors (Lipinski definition) is 5. The van der Waals surface area contributed by atoms with Crippen LogP contribution < -0.4 is 10.2 Å². The summed E-state index contributed by atoms with van der Waals surface area (Å²) in [4.78, 5) is 11.2. The molecule has 1 aromatic carbocycles. The molecule has 1 N–H and O–H groups in total. The van der Waals surface area contributed by atoms with E-state index in [1.165, 1.54) is 5.56 Å². The zero-order chi connectivity index (χ0) is 15.2. The average molecular weight is 367 g/mol. The van der Waals surface area contributed by atoms with Gasteiger partial charge in [-0.15, -0.1) is 0 Å². The molecule has 112 valence electrons. The molecule has 0 saturated heterocycles. The molecule has 4 nitrogen and oxygen atoms in total. The van der Waals surface area contributed by atoms with Gasteiger partial charge in [0.1, 0.15) is 11.6 Å². The van der Waals surface area contributed by atoms with Crippen LogP contribution in [-0.2, 0) is 6.54 Å². The van der Waals surface area contributed by atoms with Crippen LogP contribution in [0.5, 0.6) is 0 Å². The van der Waals surface area contributed by atoms with E-state index in [0.717, 1.165) is 34.4 Å². The van der Waals surface area contributed by atoms with Crippen molar-refractivity contribution < 1.29 is 0 Å². The summed E-state index contributed by atoms with van der Waals surface area (Å²) in [6.07, 6.45) is 1.99. The van der Waals surface area contributed by atoms with Crippen LogP contribution in [-0.4, -0.2) is 29.8 Å². The lowest BCUT2D eigenvalue weighted by Gasteiger charge is -2.19. The van der Waals surface area contributed by atoms with Crippen LogP contribution in [0.25, 0.3) is 0 Å². The zero-order valence-corrected chi connectivity index (χ0v) is 14.8. The van der Waals surface area contributed by atoms with E-state index >= 15 is 0 Å². The summed E-state index contributed by atoms with van der Waals surface area (Å²) in [6.45, 7) is 3.71. The van der Waals surface area contributed by atoms with Crippen LogP contribution in [0.4, 0.5) is 11.6 Å². The van der Waals surface area contributed by atoms with Crippen molar-refractivity contribution >= 4 is 39.3 Å². The topological polar surface area (TPSA) is 41.0 Å². The molecule has 0 radical (unpaired) electrons. The second kappa shape index (κ2) is 7.66. The molecular weight excluding hydrogens is 348 g/mol. The summed E-state index contributed by atoms with van der Waals surface area (Å²) in [5, 5.41) is 4.03. The van der Waals surface area contributed by atoms with Gasteiger partial charge in [-0.2, -0.15) is 0 Å². The van der Waals surface area contributed by atoms with Gasteiger partial charge in [0.15, 0.2) is 5.16 Å². The van der Waals surface area contributed by atoms with E-state index in [-0.39, 0.29) is 0 Å². The standard InChI is InChI=1S/C15H19BrN4S/c1-4-17-13-9-14(19-15(18-13)21-3)20(2)10-11-6-5-7-12(16)8-11/h5-9H,4,10H2,1-3H3,(H,17,18,19). The van der Waals surface area contributed by atoms with E-state index in [0.29, 0.717) is 0 Å². The Morgan fingerprint density at radius 2 is 2.10 bits per heavy atom. The summed E-state index contributed by atoms with van der Waals surface area (Å²) >= 11 is 5.06. The van der Waals surface area contributed by atoms with Gasteiger partial charge in [-0.05, 0) is 30.9 Å². The number of benzene rings is 1. The molecule has 0 aliphatic rings. The summed E-state index contributed by atoms with van der Waals surface area (Å²) in [5.41, 5.74) is 1.24. The normalized spacial score (nSPS) is 10.5. The van der Waals surface area contributed by atoms with E-state index in [1.807, 2.05) is 31.5 Å². The van der Waals surface area contributed by atoms with Crippen molar-refractivity contribution in [3.63, 3.8) is 0 Å². The highest BCUT2D eigenvalue weighted by atomic mass is 79.9. The van der Waals surface area contributed by atoms with Crippen molar-refractivity contribution in [2.45, 2.75) is 18.6 Å². The first-order chi connectivity index (χ1) is 10.1. The SMILES string of the molecule is CCNc1cc(N(C)Cc2cccc(Br)c2)nc(SC)n1. The maximum Gasteiger partial charge on any atom is 0.191 e. The third kappa shape index (κ3) is 4.61. The molecule has 0 aliphatic heterocycles. The lowest BCUT2D eigenvalue weighted by atomic mass is 10.2. The molecule has 21 heavy (non-hydrogen) atoms. The molecule has 0 unspecified atom stereocenters. The Hall–Kier alpha value is -1.27. The monoisotopic (exact) mass is 366 g/mol. The second-order valence-electron chi connectivity index (χ2n) is 4.61. The van der Waals surface area contributed by atoms with Gasteiger partial charge in [0.05, 0.1) is 0 Å². The number of anilines is 2. The van der Waals surface area contributed by atoms with Gasteiger partial charge in [-0.25, -0.2) is 9.97 Å². The van der Waals surface area contributed by atoms with E-state index in [1.54, 1.807) is 11.8 Å². The molecule has 0 atom stereocenters. The fraction of sp³-hybridized carbons (Fsp3) is 0.333. The van der Waals surface area contributed by atoms with Gasteiger partial charge in [-0.3, -0.25) is 0 Å². The van der Waals surface area contributed by atoms with E-state index in [2.05, 4.69) is 55.2 Å². The lowest BCUT2D eigenvalue weighted by molar-refractivity contribution is 0.856. The summed E-state index contributed by atoms with van der Waals surface area (Å²) < 4.78 is 1.09. The fourth-order valence-electron chi connectivity index (χ4n) is 1.96. The zero-order valence-electron chi connectivity index (χ0n) is 12.4. The third-order valence-electron chi connectivity index (χ3n) is 2.93. The number of nitrogens with one attached hydrogen (secondary N) is 1. The molecule has 0 saturated carbocycles. The predicted molar refractivity (Wildman–Crippen MR) is 94.2 cm³/mol. The molecule has 0 amide bonds. The number of aromatic nitrogens is 2. The minimum atomic E-state index is 0.782. The highest BCUT2D eigenvalue weighted by Crippen LogP contribution is 2.21. The maximum atomic E-state index is 4.58. The lowest BCUT2D eigenvalue weighted by Crippen LogP contribution is -2.18. The Balaban J connectivity index is 2.21. The quantitative estimate of drug-likeness (QED) is 0.617. The van der Waals surface area contributed by atoms with E-state index < -0.39 is 0 Å². The number of thioether (sulfide) groups is 1. The molecule has 6 heteroatoms. The van der Waals surface area contributed by atoms with Crippen molar-refractivity contribution in [1.82, 2.24) is 9.97 Å². The Morgan fingerprint density at radius 1 is 1.29 bits per heavy atom. The Kier molecular flexibility index (Phi) is 5.87. The smallest absolute Gasteiger partial charge is 0.191 e. The van der Waals surface area contributed by atoms with Crippen molar-refractivity contribution in [2.75, 3.05) is 30.1 Å². The number of halogens is 1. The Labute approximate surface area is 138 Å². The largest absolute Gasteiger partial charge is 0.370 e. The summed E-state index contributed by atoms with van der Waals surface area (Å²) in [6, 6.07) is 10.3. The first-order valence-corrected chi connectivity index (χ1v) is 8.76. The van der Waals surface area contributed by atoms with E-state index in [4.69, 9.17) is 0 Å². The van der Waals surface area contributed by atoms with Crippen LogP contribution in [0, 0.1) is 0 Å². The Bertz CT molecular complexity index is 606. The first-order valence-electron chi connectivity index (χ1n) is 6.75. The van der Waals surface area contributed by atoms with Crippen molar-refractivity contribution in [3.05, 3.63) is 40.4 Å². The summed E-state index contributed by atoms with van der Waals surface area (Å²) in [7, 11) is 2.04. The number of rotatable bonds is 6. The van der Waals surface area contributed by atoms with Gasteiger partial charge >= 0.3 is 0 Å². The predicted octanol–water partition coefficient (Wildman–Crippen LogP) is 4.03. The van der Waals surface area contributed by atoms with Crippen LogP contribution in [0.1, 0.15) is 12.5 Å². The van der Waals surface area contributed by atoms with Gasteiger partial charge in [0.2, 0.25) is 0 Å². The van der Waals surface area contributed by atoms with Gasteiger partial charge in [0.25, 0.3) is 0 Å². The van der Waals surface area contributed by atoms with Crippen LogP contribution in [0.15, 0.2) is 40.0 Å². The maximum absolute atomic E-state index is 4.58. The minimum Gasteiger partial charge on any atom is -0.370 e. The number of hydrogen-bond donors (Lipinski definition) is 1. The molecule has 0 aliphatic carbocycles. The van der Waals surface area contributed by atoms with Gasteiger partial charge < -0.3 is 10.2 Å². The van der Waals surface area contributed by atoms with Crippen LogP contribution in [0.2, 0.25) is 0 Å². The molecule has 2 rings (SSSR count). The summed E-state index contributed by atoms with van der Waals surface area (Å²) in [5.74, 6) is 1.79. The van der Waals surface area contributed by atoms with Crippen LogP contribution >= 0.6 is 27.7 Å². The average Bonchev–Trinajstić information content (AvgIpc) is 2.47. The molecule has 1 aromatic heterocycles. The van der Waals surface area contributed by atoms with Crippen molar-refractivity contribution in [3.8, 4) is 0 Å². The molecular formula is C15H19BrN4S. The van der Waals surface area contributed by atoms with Gasteiger partial charge in [-0.1, -0.05) is 39.8 Å². The number of nitrogens with zero attached hydrogens (tertiary/aromatic N) is 3. The molecule has 0 fully saturated rings. The van der Waals surface area contributed by atoms with Crippen molar-refractivity contribution in [1.29, 1.82) is 0 Å². The molecule has 0 bridgehead atoms. The minimum absolute atomic E-state index is 0.782. The second-order valence-corrected chi connectivity index (χ2v) is 6.30. The van der Waals surface area contributed by atoms with Gasteiger partial charge in [0, 0.05) is 30.7 Å². The van der Waals surface area contributed by atoms with Crippen LogP contribution in [0.3, 0.4) is 0 Å². The molecule has 1 heterocycles. The van der Waals surface area contributed by atoms with E-state index in [9.17, 15) is 0 Å². The Morgan fingerprint density at radius 3 is 2.76 bits per heavy atom. The fourth-order valence-corrected chi connectivity index (χ4v) is 2.78. The third-order valence-corrected chi connectivity index (χ3v) is 3.97.